The molecule has 1 N–H and O–H groups in total. The first-order valence-corrected chi connectivity index (χ1v) is 7.52. The van der Waals surface area contributed by atoms with Crippen LogP contribution in [0.4, 0.5) is 13.2 Å². The molecule has 0 spiro atoms. The van der Waals surface area contributed by atoms with Crippen molar-refractivity contribution in [3.63, 3.8) is 0 Å². The lowest BCUT2D eigenvalue weighted by atomic mass is 10.1. The first-order valence-electron chi connectivity index (χ1n) is 7.52. The molecule has 1 aliphatic rings. The van der Waals surface area contributed by atoms with E-state index in [1.165, 1.54) is 19.2 Å². The Kier molecular flexibility index (Phi) is 5.91. The number of fused-ring (bicyclic) bond motifs is 1. The lowest BCUT2D eigenvalue weighted by Gasteiger charge is -2.11. The van der Waals surface area contributed by atoms with Crippen LogP contribution in [0.3, 0.4) is 0 Å². The Morgan fingerprint density at radius 3 is 2.69 bits per heavy atom. The summed E-state index contributed by atoms with van der Waals surface area (Å²) in [5.41, 5.74) is -0.711. The summed E-state index contributed by atoms with van der Waals surface area (Å²) < 4.78 is 53.2. The van der Waals surface area contributed by atoms with Gasteiger partial charge in [0.1, 0.15) is 5.57 Å². The zero-order valence-corrected chi connectivity index (χ0v) is 14.0. The Morgan fingerprint density at radius 2 is 2.04 bits per heavy atom. The number of hydrogen-bond acceptors (Lipinski definition) is 6. The van der Waals surface area contributed by atoms with Crippen molar-refractivity contribution in [3.8, 4) is 11.5 Å². The summed E-state index contributed by atoms with van der Waals surface area (Å²) in [7, 11) is 0. The van der Waals surface area contributed by atoms with Crippen LogP contribution < -0.4 is 9.47 Å². The Morgan fingerprint density at radius 1 is 1.35 bits per heavy atom. The largest absolute Gasteiger partial charge is 0.504 e. The molecule has 0 unspecified atom stereocenters. The van der Waals surface area contributed by atoms with Crippen LogP contribution in [-0.2, 0) is 9.53 Å². The monoisotopic (exact) mass is 371 g/mol. The molecule has 1 aromatic carbocycles. The van der Waals surface area contributed by atoms with Gasteiger partial charge in [-0.15, -0.1) is 0 Å². The second-order valence-electron chi connectivity index (χ2n) is 5.08. The molecule has 0 fully saturated rings. The number of aliphatic imine (C=N–C) groups is 1. The SMILES string of the molecule is CCOC(=O)C(/C(C)=N/C=C/c1ccc2c(c1)OCO2)=C(/O)C(F)(F)F. The fourth-order valence-electron chi connectivity index (χ4n) is 2.08. The first-order chi connectivity index (χ1) is 12.2. The van der Waals surface area contributed by atoms with Crippen LogP contribution in [0.15, 0.2) is 40.7 Å². The lowest BCUT2D eigenvalue weighted by Crippen LogP contribution is -2.23. The van der Waals surface area contributed by atoms with Crippen molar-refractivity contribution >= 4 is 17.8 Å². The van der Waals surface area contributed by atoms with E-state index in [-0.39, 0.29) is 19.1 Å². The van der Waals surface area contributed by atoms with Crippen molar-refractivity contribution in [2.24, 2.45) is 4.99 Å². The summed E-state index contributed by atoms with van der Waals surface area (Å²) in [6.07, 6.45) is -2.39. The Bertz CT molecular complexity index is 781. The van der Waals surface area contributed by atoms with E-state index in [2.05, 4.69) is 9.73 Å². The van der Waals surface area contributed by atoms with E-state index >= 15 is 0 Å². The number of carbonyl (C=O) groups is 1. The van der Waals surface area contributed by atoms with Crippen molar-refractivity contribution < 1.29 is 37.3 Å². The highest BCUT2D eigenvalue weighted by atomic mass is 19.4. The topological polar surface area (TPSA) is 77.4 Å². The molecule has 1 aromatic rings. The number of ether oxygens (including phenoxy) is 3. The highest BCUT2D eigenvalue weighted by Crippen LogP contribution is 2.33. The van der Waals surface area contributed by atoms with Crippen molar-refractivity contribution in [1.29, 1.82) is 0 Å². The van der Waals surface area contributed by atoms with E-state index in [1.54, 1.807) is 18.2 Å². The molecule has 0 saturated heterocycles. The third-order valence-electron chi connectivity index (χ3n) is 3.28. The fourth-order valence-corrected chi connectivity index (χ4v) is 2.08. The molecule has 26 heavy (non-hydrogen) atoms. The summed E-state index contributed by atoms with van der Waals surface area (Å²) in [4.78, 5) is 15.6. The summed E-state index contributed by atoms with van der Waals surface area (Å²) in [5.74, 6) is -2.23. The van der Waals surface area contributed by atoms with E-state index in [9.17, 15) is 23.1 Å². The van der Waals surface area contributed by atoms with Crippen molar-refractivity contribution in [2.45, 2.75) is 20.0 Å². The number of aliphatic hydroxyl groups is 1. The van der Waals surface area contributed by atoms with Crippen LogP contribution in [0.2, 0.25) is 0 Å². The molecule has 1 aliphatic heterocycles. The standard InChI is InChI=1S/C17H16F3NO5/c1-3-24-16(23)14(15(22)17(18,19)20)10(2)21-7-6-11-4-5-12-13(8-11)26-9-25-12/h4-8,22H,3,9H2,1-2H3/b7-6+,15-14+,21-10+. The molecule has 6 nitrogen and oxygen atoms in total. The van der Waals surface area contributed by atoms with Crippen LogP contribution >= 0.6 is 0 Å². The minimum absolute atomic E-state index is 0.115. The minimum Gasteiger partial charge on any atom is -0.504 e. The zero-order valence-electron chi connectivity index (χ0n) is 14.0. The Labute approximate surface area is 147 Å². The number of aliphatic hydroxyl groups excluding tert-OH is 1. The van der Waals surface area contributed by atoms with E-state index in [1.807, 2.05) is 0 Å². The van der Waals surface area contributed by atoms with Crippen LogP contribution in [0.1, 0.15) is 19.4 Å². The predicted octanol–water partition coefficient (Wildman–Crippen LogP) is 3.78. The van der Waals surface area contributed by atoms with Gasteiger partial charge in [-0.2, -0.15) is 13.2 Å². The molecule has 1 heterocycles. The molecular formula is C17H16F3NO5. The third kappa shape index (κ3) is 4.56. The number of hydrogen-bond donors (Lipinski definition) is 1. The smallest absolute Gasteiger partial charge is 0.449 e. The molecule has 9 heteroatoms. The Balaban J connectivity index is 2.27. The van der Waals surface area contributed by atoms with Gasteiger partial charge in [0.15, 0.2) is 11.5 Å². The maximum Gasteiger partial charge on any atom is 0.449 e. The van der Waals surface area contributed by atoms with Gasteiger partial charge in [-0.1, -0.05) is 6.07 Å². The molecule has 140 valence electrons. The molecule has 2 rings (SSSR count). The van der Waals surface area contributed by atoms with Gasteiger partial charge < -0.3 is 19.3 Å². The van der Waals surface area contributed by atoms with Gasteiger partial charge in [0.05, 0.1) is 12.3 Å². The average molecular weight is 371 g/mol. The van der Waals surface area contributed by atoms with Gasteiger partial charge in [0.2, 0.25) is 12.6 Å². The number of rotatable bonds is 5. The predicted molar refractivity (Wildman–Crippen MR) is 87.1 cm³/mol. The van der Waals surface area contributed by atoms with Crippen LogP contribution in [-0.4, -0.2) is 36.4 Å². The Hall–Kier alpha value is -2.97. The highest BCUT2D eigenvalue weighted by molar-refractivity contribution is 6.19. The summed E-state index contributed by atoms with van der Waals surface area (Å²) in [6.45, 7) is 2.57. The number of benzene rings is 1. The number of alkyl halides is 3. The van der Waals surface area contributed by atoms with E-state index in [0.29, 0.717) is 17.1 Å². The number of nitrogens with zero attached hydrogens (tertiary/aromatic N) is 1. The second-order valence-corrected chi connectivity index (χ2v) is 5.08. The molecule has 0 aliphatic carbocycles. The van der Waals surface area contributed by atoms with Gasteiger partial charge >= 0.3 is 12.1 Å². The maximum atomic E-state index is 12.8. The van der Waals surface area contributed by atoms with Gasteiger partial charge in [-0.05, 0) is 37.6 Å². The molecule has 0 aromatic heterocycles. The third-order valence-corrected chi connectivity index (χ3v) is 3.28. The normalized spacial score (nSPS) is 15.2. The number of allylic oxidation sites excluding steroid dienone is 1. The van der Waals surface area contributed by atoms with Gasteiger partial charge in [0, 0.05) is 6.20 Å². The minimum atomic E-state index is -5.10. The lowest BCUT2D eigenvalue weighted by molar-refractivity contribution is -0.141. The summed E-state index contributed by atoms with van der Waals surface area (Å²) >= 11 is 0. The van der Waals surface area contributed by atoms with E-state index < -0.39 is 23.5 Å². The quantitative estimate of drug-likeness (QED) is 0.369. The van der Waals surface area contributed by atoms with Crippen LogP contribution in [0.25, 0.3) is 6.08 Å². The molecule has 0 bridgehead atoms. The van der Waals surface area contributed by atoms with Gasteiger partial charge in [-0.3, -0.25) is 4.99 Å². The average Bonchev–Trinajstić information content (AvgIpc) is 3.02. The molecule has 0 saturated carbocycles. The van der Waals surface area contributed by atoms with Gasteiger partial charge in [0.25, 0.3) is 0 Å². The van der Waals surface area contributed by atoms with Crippen molar-refractivity contribution in [3.05, 3.63) is 41.3 Å². The van der Waals surface area contributed by atoms with E-state index in [4.69, 9.17) is 9.47 Å². The second kappa shape index (κ2) is 7.94. The van der Waals surface area contributed by atoms with E-state index in [0.717, 1.165) is 6.92 Å². The van der Waals surface area contributed by atoms with Crippen LogP contribution in [0.5, 0.6) is 11.5 Å². The van der Waals surface area contributed by atoms with Crippen LogP contribution in [0, 0.1) is 0 Å². The highest BCUT2D eigenvalue weighted by Gasteiger charge is 2.40. The zero-order chi connectivity index (χ0) is 19.3. The van der Waals surface area contributed by atoms with Crippen molar-refractivity contribution in [2.75, 3.05) is 13.4 Å². The number of esters is 1. The molecular weight excluding hydrogens is 355 g/mol. The summed E-state index contributed by atoms with van der Waals surface area (Å²) in [6, 6.07) is 5.04. The molecule has 0 amide bonds. The molecule has 0 radical (unpaired) electrons. The molecule has 0 atom stereocenters. The first kappa shape index (κ1) is 19.4. The fraction of sp³-hybridized carbons (Fsp3) is 0.294. The van der Waals surface area contributed by atoms with Crippen molar-refractivity contribution in [1.82, 2.24) is 0 Å². The maximum absolute atomic E-state index is 12.8. The summed E-state index contributed by atoms with van der Waals surface area (Å²) in [5, 5.41) is 9.35. The van der Waals surface area contributed by atoms with Gasteiger partial charge in [-0.25, -0.2) is 4.79 Å². The number of halogens is 3. The number of carbonyl (C=O) groups excluding carboxylic acids is 1.